The van der Waals surface area contributed by atoms with E-state index in [0.717, 1.165) is 88.1 Å². The van der Waals surface area contributed by atoms with Crippen LogP contribution >= 0.6 is 0 Å². The molecule has 0 aromatic heterocycles. The number of carbonyl (C=O) groups excluding carboxylic acids is 2. The van der Waals surface area contributed by atoms with Crippen LogP contribution < -0.4 is 10.2 Å². The number of benzene rings is 2. The fourth-order valence-electron chi connectivity index (χ4n) is 5.24. The third-order valence-corrected chi connectivity index (χ3v) is 7.41. The van der Waals surface area contributed by atoms with E-state index >= 15 is 0 Å². The third-order valence-electron chi connectivity index (χ3n) is 7.41. The van der Waals surface area contributed by atoms with Crippen molar-refractivity contribution in [2.45, 2.75) is 51.4 Å². The molecule has 2 heterocycles. The molecule has 2 aromatic rings. The highest BCUT2D eigenvalue weighted by atomic mass is 16.2. The minimum atomic E-state index is 0.0841. The first kappa shape index (κ1) is 22.0. The van der Waals surface area contributed by atoms with Gasteiger partial charge in [0.15, 0.2) is 0 Å². The second-order valence-electron chi connectivity index (χ2n) is 9.97. The molecule has 1 saturated carbocycles. The highest BCUT2D eigenvalue weighted by Crippen LogP contribution is 2.33. The first-order chi connectivity index (χ1) is 16.2. The van der Waals surface area contributed by atoms with Gasteiger partial charge in [0.1, 0.15) is 0 Å². The number of anilines is 2. The molecule has 1 N–H and O–H groups in total. The smallest absolute Gasteiger partial charge is 0.256 e. The van der Waals surface area contributed by atoms with Gasteiger partial charge in [0.2, 0.25) is 5.91 Å². The molecule has 0 spiro atoms. The predicted octanol–water partition coefficient (Wildman–Crippen LogP) is 5.12. The highest BCUT2D eigenvalue weighted by Gasteiger charge is 2.30. The van der Waals surface area contributed by atoms with Gasteiger partial charge in [0.05, 0.1) is 5.56 Å². The van der Waals surface area contributed by atoms with Crippen LogP contribution in [0.15, 0.2) is 48.5 Å². The normalized spacial score (nSPS) is 19.4. The summed E-state index contributed by atoms with van der Waals surface area (Å²) in [5.74, 6) is 1.02. The van der Waals surface area contributed by atoms with E-state index in [1.54, 1.807) is 0 Å². The molecule has 1 aliphatic carbocycles. The molecular weight excluding hydrogens is 410 g/mol. The Kier molecular flexibility index (Phi) is 6.65. The van der Waals surface area contributed by atoms with Crippen LogP contribution in [0.4, 0.5) is 11.4 Å². The van der Waals surface area contributed by atoms with Crippen molar-refractivity contribution >= 4 is 23.2 Å². The van der Waals surface area contributed by atoms with Crippen molar-refractivity contribution in [3.05, 3.63) is 59.7 Å². The van der Waals surface area contributed by atoms with Gasteiger partial charge >= 0.3 is 0 Å². The Balaban J connectivity index is 1.32. The van der Waals surface area contributed by atoms with Crippen LogP contribution in [0.3, 0.4) is 0 Å². The lowest BCUT2D eigenvalue weighted by atomic mass is 9.89. The van der Waals surface area contributed by atoms with E-state index in [-0.39, 0.29) is 17.7 Å². The topological polar surface area (TPSA) is 52.7 Å². The van der Waals surface area contributed by atoms with Gasteiger partial charge in [0.25, 0.3) is 5.91 Å². The molecule has 2 aromatic carbocycles. The van der Waals surface area contributed by atoms with Crippen molar-refractivity contribution in [1.29, 1.82) is 0 Å². The van der Waals surface area contributed by atoms with Crippen molar-refractivity contribution in [3.8, 4) is 0 Å². The van der Waals surface area contributed by atoms with E-state index in [9.17, 15) is 9.59 Å². The zero-order valence-corrected chi connectivity index (χ0v) is 19.5. The maximum atomic E-state index is 13.5. The molecule has 5 nitrogen and oxygen atoms in total. The van der Waals surface area contributed by atoms with Crippen LogP contribution in [0, 0.1) is 11.8 Å². The average Bonchev–Trinajstić information content (AvgIpc) is 3.71. The van der Waals surface area contributed by atoms with Gasteiger partial charge in [-0.1, -0.05) is 30.3 Å². The van der Waals surface area contributed by atoms with Gasteiger partial charge < -0.3 is 15.1 Å². The maximum absolute atomic E-state index is 13.5. The van der Waals surface area contributed by atoms with E-state index in [4.69, 9.17) is 0 Å². The van der Waals surface area contributed by atoms with Crippen molar-refractivity contribution in [3.63, 3.8) is 0 Å². The molecule has 0 bridgehead atoms. The lowest BCUT2D eigenvalue weighted by molar-refractivity contribution is -0.117. The van der Waals surface area contributed by atoms with Crippen molar-refractivity contribution in [1.82, 2.24) is 4.90 Å². The number of amides is 2. The summed E-state index contributed by atoms with van der Waals surface area (Å²) in [5, 5.41) is 3.04. The lowest BCUT2D eigenvalue weighted by Gasteiger charge is -2.36. The number of rotatable bonds is 6. The van der Waals surface area contributed by atoms with Gasteiger partial charge in [-0.2, -0.15) is 0 Å². The van der Waals surface area contributed by atoms with Crippen LogP contribution in [0.1, 0.15) is 60.9 Å². The molecule has 174 valence electrons. The summed E-state index contributed by atoms with van der Waals surface area (Å²) in [6, 6.07) is 16.7. The van der Waals surface area contributed by atoms with E-state index in [1.807, 2.05) is 17.0 Å². The van der Waals surface area contributed by atoms with Gasteiger partial charge in [-0.05, 0) is 81.0 Å². The van der Waals surface area contributed by atoms with Crippen LogP contribution in [-0.4, -0.2) is 42.9 Å². The Morgan fingerprint density at radius 1 is 0.848 bits per heavy atom. The molecule has 2 amide bonds. The lowest BCUT2D eigenvalue weighted by Crippen LogP contribution is -2.39. The number of carbonyl (C=O) groups is 2. The number of piperidine rings is 2. The van der Waals surface area contributed by atoms with E-state index in [1.165, 1.54) is 12.0 Å². The predicted molar refractivity (Wildman–Crippen MR) is 133 cm³/mol. The zero-order chi connectivity index (χ0) is 22.6. The Bertz CT molecular complexity index is 972. The number of hydrogen-bond acceptors (Lipinski definition) is 3. The summed E-state index contributed by atoms with van der Waals surface area (Å²) in [5.41, 5.74) is 3.92. The van der Waals surface area contributed by atoms with Gasteiger partial charge in [-0.3, -0.25) is 9.59 Å². The van der Waals surface area contributed by atoms with Crippen molar-refractivity contribution in [2.24, 2.45) is 11.8 Å². The number of likely N-dealkylation sites (tertiary alicyclic amines) is 1. The molecule has 5 heteroatoms. The van der Waals surface area contributed by atoms with Crippen LogP contribution in [-0.2, 0) is 11.2 Å². The molecule has 0 unspecified atom stereocenters. The largest absolute Gasteiger partial charge is 0.371 e. The van der Waals surface area contributed by atoms with Crippen LogP contribution in [0.2, 0.25) is 0 Å². The van der Waals surface area contributed by atoms with Gasteiger partial charge in [-0.15, -0.1) is 0 Å². The second kappa shape index (κ2) is 9.98. The highest BCUT2D eigenvalue weighted by molar-refractivity contribution is 6.02. The Morgan fingerprint density at radius 3 is 2.27 bits per heavy atom. The first-order valence-electron chi connectivity index (χ1n) is 12.7. The van der Waals surface area contributed by atoms with Gasteiger partial charge in [-0.25, -0.2) is 0 Å². The van der Waals surface area contributed by atoms with E-state index < -0.39 is 0 Å². The van der Waals surface area contributed by atoms with Gasteiger partial charge in [0, 0.05) is 43.5 Å². The minimum absolute atomic E-state index is 0.0841. The minimum Gasteiger partial charge on any atom is -0.371 e. The fraction of sp³-hybridized carbons (Fsp3) is 0.500. The quantitative estimate of drug-likeness (QED) is 0.671. The molecule has 3 fully saturated rings. The zero-order valence-electron chi connectivity index (χ0n) is 19.5. The molecule has 0 atom stereocenters. The monoisotopic (exact) mass is 445 g/mol. The molecule has 3 aliphatic rings. The molecule has 33 heavy (non-hydrogen) atoms. The Morgan fingerprint density at radius 2 is 1.58 bits per heavy atom. The summed E-state index contributed by atoms with van der Waals surface area (Å²) in [4.78, 5) is 30.2. The van der Waals surface area contributed by atoms with Crippen LogP contribution in [0.5, 0.6) is 0 Å². The van der Waals surface area contributed by atoms with E-state index in [2.05, 4.69) is 46.6 Å². The first-order valence-corrected chi connectivity index (χ1v) is 12.7. The SMILES string of the molecule is O=C(Nc1ccc(N2CCC(Cc3ccccc3)CC2)c(C(=O)N2CCCCC2)c1)C1CC1. The summed E-state index contributed by atoms with van der Waals surface area (Å²) in [6.45, 7) is 3.59. The van der Waals surface area contributed by atoms with Crippen LogP contribution in [0.25, 0.3) is 0 Å². The second-order valence-corrected chi connectivity index (χ2v) is 9.97. The summed E-state index contributed by atoms with van der Waals surface area (Å²) < 4.78 is 0. The summed E-state index contributed by atoms with van der Waals surface area (Å²) in [7, 11) is 0. The number of nitrogens with zero attached hydrogens (tertiary/aromatic N) is 2. The molecule has 5 rings (SSSR count). The number of nitrogens with one attached hydrogen (secondary N) is 1. The Labute approximate surface area is 197 Å². The fourth-order valence-corrected chi connectivity index (χ4v) is 5.24. The third kappa shape index (κ3) is 5.40. The Hall–Kier alpha value is -2.82. The van der Waals surface area contributed by atoms with E-state index in [0.29, 0.717) is 5.92 Å². The molecular formula is C28H35N3O2. The number of hydrogen-bond donors (Lipinski definition) is 1. The summed E-state index contributed by atoms with van der Waals surface area (Å²) >= 11 is 0. The standard InChI is InChI=1S/C28H35N3O2/c32-27(23-9-10-23)29-24-11-12-26(25(20-24)28(33)31-15-5-2-6-16-31)30-17-13-22(14-18-30)19-21-7-3-1-4-8-21/h1,3-4,7-8,11-12,20,22-23H,2,5-6,9-10,13-19H2,(H,29,32). The molecule has 2 aliphatic heterocycles. The molecule has 0 radical (unpaired) electrons. The maximum Gasteiger partial charge on any atom is 0.256 e. The summed E-state index contributed by atoms with van der Waals surface area (Å²) in [6.07, 6.45) is 8.68. The van der Waals surface area contributed by atoms with Crippen molar-refractivity contribution in [2.75, 3.05) is 36.4 Å². The molecule has 2 saturated heterocycles. The van der Waals surface area contributed by atoms with Crippen molar-refractivity contribution < 1.29 is 9.59 Å². The average molecular weight is 446 g/mol.